The van der Waals surface area contributed by atoms with Crippen LogP contribution in [0.1, 0.15) is 45.2 Å². The van der Waals surface area contributed by atoms with E-state index >= 15 is 0 Å². The minimum atomic E-state index is -2.65. The van der Waals surface area contributed by atoms with Crippen molar-refractivity contribution in [1.82, 2.24) is 9.56 Å². The average molecular weight is 635 g/mol. The van der Waals surface area contributed by atoms with Crippen LogP contribution in [0.15, 0.2) is 63.8 Å². The molecule has 0 saturated heterocycles. The van der Waals surface area contributed by atoms with E-state index in [1.54, 1.807) is 50.2 Å². The third-order valence-electron chi connectivity index (χ3n) is 5.27. The van der Waals surface area contributed by atoms with Crippen molar-refractivity contribution < 1.29 is 9.47 Å². The maximum absolute atomic E-state index is 8.64. The van der Waals surface area contributed by atoms with Crippen LogP contribution < -0.4 is 9.47 Å². The summed E-state index contributed by atoms with van der Waals surface area (Å²) in [5.74, 6) is 1.29. The molecule has 2 atom stereocenters. The highest BCUT2D eigenvalue weighted by atomic mass is 35.9. The number of hydrogen-bond donors (Lipinski definition) is 0. The first-order chi connectivity index (χ1) is 17.7. The van der Waals surface area contributed by atoms with E-state index in [9.17, 15) is 0 Å². The standard InChI is InChI=1S/C23H31Cl2N7O2P2S2/c1-7-23(4,34-21-14-10-19(11-15-21)17-28-32(6)36(24,25)38)35(37)31(5)27-16-18-8-12-20(13-9-18)33-22(2,3)29-30-26/h8-17,35H,7H2,1-6H3/b27-16+,28-17+. The van der Waals surface area contributed by atoms with Gasteiger partial charge in [-0.25, -0.2) is 4.78 Å². The van der Waals surface area contributed by atoms with E-state index in [0.717, 1.165) is 11.1 Å². The first-order valence-corrected chi connectivity index (χ1v) is 18.6. The van der Waals surface area contributed by atoms with E-state index in [4.69, 9.17) is 61.1 Å². The third-order valence-corrected chi connectivity index (χ3v) is 12.2. The Morgan fingerprint density at radius 1 is 0.974 bits per heavy atom. The number of halogens is 2. The largest absolute Gasteiger partial charge is 0.482 e. The fourth-order valence-electron chi connectivity index (χ4n) is 2.95. The highest BCUT2D eigenvalue weighted by molar-refractivity contribution is 8.37. The molecule has 0 saturated carbocycles. The van der Waals surface area contributed by atoms with E-state index in [1.807, 2.05) is 57.3 Å². The Balaban J connectivity index is 2.05. The van der Waals surface area contributed by atoms with Gasteiger partial charge in [0.1, 0.15) is 16.8 Å². The highest BCUT2D eigenvalue weighted by Gasteiger charge is 2.31. The van der Waals surface area contributed by atoms with Crippen LogP contribution in [0.5, 0.6) is 11.5 Å². The summed E-state index contributed by atoms with van der Waals surface area (Å²) in [6, 6.07) is 14.8. The molecule has 2 unspecified atom stereocenters. The van der Waals surface area contributed by atoms with Gasteiger partial charge in [0.15, 0.2) is 5.72 Å². The van der Waals surface area contributed by atoms with Crippen LogP contribution in [0.2, 0.25) is 0 Å². The maximum atomic E-state index is 8.64. The van der Waals surface area contributed by atoms with E-state index in [1.165, 1.54) is 4.78 Å². The fraction of sp³-hybridized carbons (Fsp3) is 0.391. The van der Waals surface area contributed by atoms with Crippen LogP contribution in [0, 0.1) is 0 Å². The summed E-state index contributed by atoms with van der Waals surface area (Å²) in [6.45, 7) is 5.78. The molecule has 206 valence electrons. The molecule has 38 heavy (non-hydrogen) atoms. The summed E-state index contributed by atoms with van der Waals surface area (Å²) in [7, 11) is 3.51. The number of benzene rings is 2. The van der Waals surface area contributed by atoms with Crippen molar-refractivity contribution in [3.8, 4) is 11.5 Å². The summed E-state index contributed by atoms with van der Waals surface area (Å²) in [6.07, 6.45) is 4.09. The molecule has 2 aromatic carbocycles. The van der Waals surface area contributed by atoms with Gasteiger partial charge < -0.3 is 9.47 Å². The number of rotatable bonds is 13. The second kappa shape index (κ2) is 14.0. The normalized spacial score (nSPS) is 14.5. The van der Waals surface area contributed by atoms with Crippen LogP contribution in [-0.4, -0.2) is 47.2 Å². The molecule has 0 amide bonds. The van der Waals surface area contributed by atoms with Crippen molar-refractivity contribution >= 4 is 70.3 Å². The van der Waals surface area contributed by atoms with E-state index in [0.29, 0.717) is 17.9 Å². The Kier molecular flexibility index (Phi) is 11.9. The minimum Gasteiger partial charge on any atom is -0.482 e. The second-order valence-electron chi connectivity index (χ2n) is 8.80. The monoisotopic (exact) mass is 633 g/mol. The summed E-state index contributed by atoms with van der Waals surface area (Å²) >= 11 is 22.9. The molecule has 9 nitrogen and oxygen atoms in total. The Morgan fingerprint density at radius 2 is 1.45 bits per heavy atom. The van der Waals surface area contributed by atoms with Crippen LogP contribution >= 0.6 is 34.2 Å². The lowest BCUT2D eigenvalue weighted by atomic mass is 10.2. The average Bonchev–Trinajstić information content (AvgIpc) is 2.86. The van der Waals surface area contributed by atoms with Crippen molar-refractivity contribution in [2.45, 2.75) is 45.2 Å². The molecule has 15 heteroatoms. The molecule has 2 aromatic rings. The molecule has 2 rings (SSSR count). The zero-order chi connectivity index (χ0) is 28.6. The Hall–Kier alpha value is -1.83. The van der Waals surface area contributed by atoms with Gasteiger partial charge in [0.05, 0.1) is 19.3 Å². The lowest BCUT2D eigenvalue weighted by Gasteiger charge is -2.34. The molecule has 0 aliphatic heterocycles. The summed E-state index contributed by atoms with van der Waals surface area (Å²) in [4.78, 5) is 0.153. The van der Waals surface area contributed by atoms with Gasteiger partial charge >= 0.3 is 0 Å². The zero-order valence-electron chi connectivity index (χ0n) is 21.9. The second-order valence-corrected chi connectivity index (χ2v) is 20.0. The molecule has 0 bridgehead atoms. The van der Waals surface area contributed by atoms with Crippen LogP contribution in [0.25, 0.3) is 10.4 Å². The summed E-state index contributed by atoms with van der Waals surface area (Å²) in [5.41, 5.74) is 9.39. The zero-order valence-corrected chi connectivity index (χ0v) is 27.0. The molecule has 0 N–H and O–H groups in total. The lowest BCUT2D eigenvalue weighted by molar-refractivity contribution is 0.117. The third kappa shape index (κ3) is 10.0. The van der Waals surface area contributed by atoms with Gasteiger partial charge in [-0.15, -0.1) is 0 Å². The van der Waals surface area contributed by atoms with Gasteiger partial charge in [0, 0.05) is 19.0 Å². The molecular formula is C23H31Cl2N7O2P2S2. The van der Waals surface area contributed by atoms with Gasteiger partial charge in [-0.1, -0.05) is 18.7 Å². The highest BCUT2D eigenvalue weighted by Crippen LogP contribution is 2.59. The Bertz CT molecular complexity index is 1270. The molecule has 0 aromatic heterocycles. The number of azide groups is 1. The number of hydrogen-bond acceptors (Lipinski definition) is 7. The smallest absolute Gasteiger partial charge is 0.222 e. The fourth-order valence-corrected chi connectivity index (χ4v) is 5.53. The first kappa shape index (κ1) is 32.4. The quantitative estimate of drug-likeness (QED) is 0.0551. The lowest BCUT2D eigenvalue weighted by Crippen LogP contribution is -2.30. The molecule has 0 fully saturated rings. The predicted octanol–water partition coefficient (Wildman–Crippen LogP) is 8.14. The number of hydrazone groups is 2. The van der Waals surface area contributed by atoms with Crippen LogP contribution in [-0.2, 0) is 23.6 Å². The molecule has 0 spiro atoms. The van der Waals surface area contributed by atoms with Crippen molar-refractivity contribution in [3.63, 3.8) is 0 Å². The van der Waals surface area contributed by atoms with E-state index < -0.39 is 22.8 Å². The minimum absolute atomic E-state index is 0.587. The van der Waals surface area contributed by atoms with E-state index in [-0.39, 0.29) is 0 Å². The van der Waals surface area contributed by atoms with Crippen molar-refractivity contribution in [2.24, 2.45) is 15.3 Å². The van der Waals surface area contributed by atoms with Gasteiger partial charge in [-0.2, -0.15) is 10.2 Å². The summed E-state index contributed by atoms with van der Waals surface area (Å²) in [5, 5.41) is 11.8. The molecule has 0 aliphatic carbocycles. The number of nitrogens with zero attached hydrogens (tertiary/aromatic N) is 7. The Morgan fingerprint density at radius 3 is 1.89 bits per heavy atom. The predicted molar refractivity (Wildman–Crippen MR) is 168 cm³/mol. The van der Waals surface area contributed by atoms with Crippen LogP contribution in [0.3, 0.4) is 0 Å². The topological polar surface area (TPSA) is 98.4 Å². The summed E-state index contributed by atoms with van der Waals surface area (Å²) < 4.78 is 15.3. The first-order valence-electron chi connectivity index (χ1n) is 11.4. The maximum Gasteiger partial charge on any atom is 0.222 e. The van der Waals surface area contributed by atoms with Crippen molar-refractivity contribution in [3.05, 3.63) is 70.1 Å². The van der Waals surface area contributed by atoms with E-state index in [2.05, 4.69) is 20.2 Å². The molecule has 0 aliphatic rings. The van der Waals surface area contributed by atoms with Gasteiger partial charge in [0.2, 0.25) is 4.89 Å². The van der Waals surface area contributed by atoms with Crippen LogP contribution in [0.4, 0.5) is 0 Å². The Labute approximate surface area is 244 Å². The molecule has 0 radical (unpaired) electrons. The molecule has 0 heterocycles. The van der Waals surface area contributed by atoms with Gasteiger partial charge in [-0.05, 0) is 132 Å². The molecular weight excluding hydrogens is 603 g/mol. The SMILES string of the molecule is CCC(C)(Oc1ccc(/C=N/N(C)P(=S)(Cl)Cl)cc1)[PH](=S)N(C)/N=C/c1ccc(OC(C)(C)N=[N+]=[N-])cc1. The van der Waals surface area contributed by atoms with Gasteiger partial charge in [0.25, 0.3) is 0 Å². The number of ether oxygens (including phenoxy) is 2. The van der Waals surface area contributed by atoms with Gasteiger partial charge in [-0.3, -0.25) is 4.78 Å². The van der Waals surface area contributed by atoms with Crippen molar-refractivity contribution in [2.75, 3.05) is 14.1 Å². The van der Waals surface area contributed by atoms with Crippen molar-refractivity contribution in [1.29, 1.82) is 0 Å².